The first-order chi connectivity index (χ1) is 33.3. The highest BCUT2D eigenvalue weighted by Crippen LogP contribution is 2.56. The van der Waals surface area contributed by atoms with Gasteiger partial charge in [0.1, 0.15) is 35.8 Å². The molecule has 358 valence electrons. The van der Waals surface area contributed by atoms with Gasteiger partial charge in [-0.25, -0.2) is 8.78 Å². The van der Waals surface area contributed by atoms with Crippen LogP contribution < -0.4 is 18.9 Å². The van der Waals surface area contributed by atoms with E-state index in [9.17, 15) is 8.78 Å². The van der Waals surface area contributed by atoms with E-state index in [1.54, 1.807) is 50.6 Å². The normalized spacial score (nSPS) is 17.1. The standard InChI is InChI=1S/C56H66F2N6O4/c1-61(41-43-25-31-63(32-26-43)35-37-67-51-21-7-5-19-49(51)57)55(53-23-9-11-29-59-53,45-15-13-17-47(39-45)65-3)56(54-24-10-12-30-60-54,46-16-14-18-48(40-46)66-4)62(2)42-44-27-33-64(34-28-44)36-38-68-52-22-8-6-20-50(52)58/h5-24,29-30,39-40,43-44H,25-28,31-38,41-42H2,1-4H3/t55-,56?/m0/s1. The molecule has 2 fully saturated rings. The lowest BCUT2D eigenvalue weighted by atomic mass is 9.62. The third-order valence-corrected chi connectivity index (χ3v) is 14.2. The van der Waals surface area contributed by atoms with Crippen LogP contribution in [0, 0.1) is 23.5 Å². The van der Waals surface area contributed by atoms with Gasteiger partial charge in [-0.15, -0.1) is 0 Å². The van der Waals surface area contributed by atoms with E-state index in [-0.39, 0.29) is 11.6 Å². The summed E-state index contributed by atoms with van der Waals surface area (Å²) in [5, 5.41) is 0. The van der Waals surface area contributed by atoms with E-state index < -0.39 is 11.1 Å². The maximum absolute atomic E-state index is 14.3. The van der Waals surface area contributed by atoms with Crippen LogP contribution in [0.25, 0.3) is 0 Å². The Bertz CT molecular complexity index is 2320. The average molecular weight is 925 g/mol. The van der Waals surface area contributed by atoms with E-state index in [4.69, 9.17) is 28.9 Å². The zero-order valence-corrected chi connectivity index (χ0v) is 40.0. The van der Waals surface area contributed by atoms with Gasteiger partial charge in [0.05, 0.1) is 25.6 Å². The fourth-order valence-electron chi connectivity index (χ4n) is 10.8. The summed E-state index contributed by atoms with van der Waals surface area (Å²) in [4.78, 5) is 20.7. The molecular weight excluding hydrogens is 859 g/mol. The summed E-state index contributed by atoms with van der Waals surface area (Å²) in [5.74, 6) is 2.09. The van der Waals surface area contributed by atoms with Crippen molar-refractivity contribution in [1.82, 2.24) is 29.6 Å². The molecule has 12 heteroatoms. The van der Waals surface area contributed by atoms with E-state index in [1.807, 2.05) is 36.7 Å². The number of ether oxygens (including phenoxy) is 4. The summed E-state index contributed by atoms with van der Waals surface area (Å²) in [7, 11) is 7.96. The number of methoxy groups -OCH3 is 2. The molecule has 2 aromatic heterocycles. The van der Waals surface area contributed by atoms with Crippen LogP contribution in [0.3, 0.4) is 0 Å². The van der Waals surface area contributed by atoms with Crippen molar-refractivity contribution < 1.29 is 27.7 Å². The molecule has 2 atom stereocenters. The lowest BCUT2D eigenvalue weighted by Crippen LogP contribution is -2.68. The van der Waals surface area contributed by atoms with Crippen LogP contribution in [0.4, 0.5) is 8.78 Å². The first kappa shape index (κ1) is 48.5. The van der Waals surface area contributed by atoms with Crippen LogP contribution in [0.2, 0.25) is 0 Å². The Balaban J connectivity index is 1.17. The Kier molecular flexibility index (Phi) is 16.4. The van der Waals surface area contributed by atoms with Gasteiger partial charge in [-0.2, -0.15) is 0 Å². The minimum Gasteiger partial charge on any atom is -0.497 e. The van der Waals surface area contributed by atoms with Gasteiger partial charge in [-0.1, -0.05) is 60.7 Å². The molecule has 0 radical (unpaired) electrons. The van der Waals surface area contributed by atoms with E-state index in [1.165, 1.54) is 12.1 Å². The number of piperidine rings is 2. The third-order valence-electron chi connectivity index (χ3n) is 14.2. The van der Waals surface area contributed by atoms with Gasteiger partial charge in [-0.3, -0.25) is 29.6 Å². The Labute approximate surface area is 401 Å². The Morgan fingerprint density at radius 1 is 0.529 bits per heavy atom. The van der Waals surface area contributed by atoms with Crippen molar-refractivity contribution >= 4 is 0 Å². The molecule has 6 aromatic rings. The smallest absolute Gasteiger partial charge is 0.165 e. The maximum Gasteiger partial charge on any atom is 0.165 e. The maximum atomic E-state index is 14.3. The van der Waals surface area contributed by atoms with Crippen molar-refractivity contribution in [3.63, 3.8) is 0 Å². The molecule has 0 spiro atoms. The highest BCUT2D eigenvalue weighted by Gasteiger charge is 2.62. The molecule has 68 heavy (non-hydrogen) atoms. The van der Waals surface area contributed by atoms with Crippen LogP contribution in [-0.2, 0) is 11.1 Å². The minimum absolute atomic E-state index is 0.290. The number of nitrogens with zero attached hydrogens (tertiary/aromatic N) is 6. The number of hydrogen-bond acceptors (Lipinski definition) is 10. The van der Waals surface area contributed by atoms with Crippen molar-refractivity contribution in [2.45, 2.75) is 36.8 Å². The molecular formula is C56H66F2N6O4. The molecule has 0 bridgehead atoms. The molecule has 2 aliphatic rings. The van der Waals surface area contributed by atoms with Gasteiger partial charge in [-0.05, 0) is 162 Å². The second-order valence-corrected chi connectivity index (χ2v) is 18.2. The summed E-state index contributed by atoms with van der Waals surface area (Å²) >= 11 is 0. The summed E-state index contributed by atoms with van der Waals surface area (Å²) in [5.41, 5.74) is 1.75. The van der Waals surface area contributed by atoms with Crippen LogP contribution in [0.15, 0.2) is 146 Å². The minimum atomic E-state index is -1.02. The molecule has 0 aliphatic carbocycles. The average Bonchev–Trinajstić information content (AvgIpc) is 3.38. The van der Waals surface area contributed by atoms with E-state index >= 15 is 0 Å². The third kappa shape index (κ3) is 10.5. The fourth-order valence-corrected chi connectivity index (χ4v) is 10.8. The SMILES string of the molecule is COc1cccc(C(c2ccccn2)(N(C)CC2CCN(CCOc3ccccc3F)CC2)[C@](c2cccc(OC)c2)(c2ccccn2)N(C)CC2CCN(CCOc3ccccc3F)CC2)c1. The Hall–Kier alpha value is -5.92. The van der Waals surface area contributed by atoms with Crippen LogP contribution >= 0.6 is 0 Å². The molecule has 2 saturated heterocycles. The Morgan fingerprint density at radius 2 is 0.926 bits per heavy atom. The second-order valence-electron chi connectivity index (χ2n) is 18.2. The number of pyridine rings is 2. The number of halogens is 2. The Morgan fingerprint density at radius 3 is 1.29 bits per heavy atom. The monoisotopic (exact) mass is 925 g/mol. The molecule has 0 amide bonds. The molecule has 0 N–H and O–H groups in total. The van der Waals surface area contributed by atoms with Crippen molar-refractivity contribution in [2.24, 2.45) is 11.8 Å². The number of rotatable bonds is 21. The molecule has 4 heterocycles. The van der Waals surface area contributed by atoms with Gasteiger partial charge in [0, 0.05) is 38.6 Å². The van der Waals surface area contributed by atoms with E-state index in [2.05, 4.69) is 94.4 Å². The summed E-state index contributed by atoms with van der Waals surface area (Å²) in [6.45, 7) is 7.44. The van der Waals surface area contributed by atoms with Gasteiger partial charge in [0.2, 0.25) is 0 Å². The molecule has 8 rings (SSSR count). The zero-order chi connectivity index (χ0) is 47.4. The lowest BCUT2D eigenvalue weighted by molar-refractivity contribution is -0.0388. The molecule has 1 unspecified atom stereocenters. The zero-order valence-electron chi connectivity index (χ0n) is 40.0. The highest BCUT2D eigenvalue weighted by atomic mass is 19.1. The summed E-state index contributed by atoms with van der Waals surface area (Å²) in [6, 6.07) is 42.6. The van der Waals surface area contributed by atoms with Crippen LogP contribution in [0.1, 0.15) is 48.2 Å². The first-order valence-corrected chi connectivity index (χ1v) is 24.0. The largest absolute Gasteiger partial charge is 0.497 e. The van der Waals surface area contributed by atoms with Gasteiger partial charge >= 0.3 is 0 Å². The van der Waals surface area contributed by atoms with Gasteiger partial charge < -0.3 is 18.9 Å². The fraction of sp³-hybridized carbons (Fsp3) is 0.393. The lowest BCUT2D eigenvalue weighted by Gasteiger charge is -2.59. The van der Waals surface area contributed by atoms with E-state index in [0.717, 1.165) is 112 Å². The molecule has 0 saturated carbocycles. The topological polar surface area (TPSA) is 75.7 Å². The number of hydrogen-bond donors (Lipinski definition) is 0. The predicted molar refractivity (Wildman–Crippen MR) is 263 cm³/mol. The highest BCUT2D eigenvalue weighted by molar-refractivity contribution is 5.54. The summed E-state index contributed by atoms with van der Waals surface area (Å²) < 4.78 is 52.5. The number of benzene rings is 4. The second kappa shape index (κ2) is 22.9. The van der Waals surface area contributed by atoms with Gasteiger partial charge in [0.15, 0.2) is 23.1 Å². The number of para-hydroxylation sites is 2. The van der Waals surface area contributed by atoms with Gasteiger partial charge in [0.25, 0.3) is 0 Å². The predicted octanol–water partition coefficient (Wildman–Crippen LogP) is 9.41. The van der Waals surface area contributed by atoms with Crippen LogP contribution in [-0.4, -0.2) is 123 Å². The number of aromatic nitrogens is 2. The van der Waals surface area contributed by atoms with Crippen molar-refractivity contribution in [2.75, 3.05) is 93.9 Å². The molecule has 2 aliphatic heterocycles. The number of likely N-dealkylation sites (N-methyl/N-ethyl adjacent to an activating group) is 2. The van der Waals surface area contributed by atoms with Crippen molar-refractivity contribution in [3.05, 3.63) is 180 Å². The quantitative estimate of drug-likeness (QED) is 0.0698. The van der Waals surface area contributed by atoms with E-state index in [0.29, 0.717) is 36.5 Å². The molecule has 10 nitrogen and oxygen atoms in total. The first-order valence-electron chi connectivity index (χ1n) is 24.0. The van der Waals surface area contributed by atoms with Crippen LogP contribution in [0.5, 0.6) is 23.0 Å². The summed E-state index contributed by atoms with van der Waals surface area (Å²) in [6.07, 6.45) is 7.73. The number of likely N-dealkylation sites (tertiary alicyclic amines) is 2. The van der Waals surface area contributed by atoms with Crippen molar-refractivity contribution in [3.8, 4) is 23.0 Å². The van der Waals surface area contributed by atoms with Crippen molar-refractivity contribution in [1.29, 1.82) is 0 Å². The molecule has 4 aromatic carbocycles.